The summed E-state index contributed by atoms with van der Waals surface area (Å²) in [6, 6.07) is 83.6. The molecule has 0 fully saturated rings. The molecule has 284 valence electrons. The minimum Gasteiger partial charge on any atom is -0.228 e. The second-order valence-corrected chi connectivity index (χ2v) is 16.0. The highest BCUT2D eigenvalue weighted by Crippen LogP contribution is 2.58. The van der Waals surface area contributed by atoms with Gasteiger partial charge < -0.3 is 0 Å². The summed E-state index contributed by atoms with van der Waals surface area (Å²) in [5, 5.41) is 7.01. The topological polar surface area (TPSA) is 25.8 Å². The third kappa shape index (κ3) is 5.50. The number of hydrogen-bond donors (Lipinski definition) is 0. The van der Waals surface area contributed by atoms with E-state index in [1.165, 1.54) is 60.7 Å². The van der Waals surface area contributed by atoms with Gasteiger partial charge >= 0.3 is 0 Å². The van der Waals surface area contributed by atoms with Crippen molar-refractivity contribution in [2.24, 2.45) is 0 Å². The molecule has 1 aliphatic carbocycles. The summed E-state index contributed by atoms with van der Waals surface area (Å²) in [5.74, 6) is 0.710. The average molecular weight is 775 g/mol. The van der Waals surface area contributed by atoms with Gasteiger partial charge in [0.15, 0.2) is 5.82 Å². The van der Waals surface area contributed by atoms with E-state index in [0.717, 1.165) is 44.2 Å². The van der Waals surface area contributed by atoms with Crippen molar-refractivity contribution in [3.05, 3.63) is 253 Å². The van der Waals surface area contributed by atoms with Gasteiger partial charge in [-0.05, 0) is 89.0 Å². The van der Waals surface area contributed by atoms with Crippen molar-refractivity contribution in [1.29, 1.82) is 0 Å². The van der Waals surface area contributed by atoms with Gasteiger partial charge in [-0.1, -0.05) is 218 Å². The maximum absolute atomic E-state index is 5.43. The maximum atomic E-state index is 5.43. The molecule has 0 unspecified atom stereocenters. The molecule has 61 heavy (non-hydrogen) atoms. The summed E-state index contributed by atoms with van der Waals surface area (Å²) in [6.45, 7) is 0. The van der Waals surface area contributed by atoms with E-state index in [2.05, 4.69) is 231 Å². The number of nitrogens with zero attached hydrogens (tertiary/aromatic N) is 2. The van der Waals surface area contributed by atoms with Crippen molar-refractivity contribution < 1.29 is 0 Å². The van der Waals surface area contributed by atoms with Gasteiger partial charge in [-0.3, -0.25) is 0 Å². The Labute approximate surface area is 355 Å². The van der Waals surface area contributed by atoms with Crippen LogP contribution in [0.5, 0.6) is 0 Å². The van der Waals surface area contributed by atoms with Crippen LogP contribution in [-0.2, 0) is 5.41 Å². The van der Waals surface area contributed by atoms with Crippen molar-refractivity contribution in [2.45, 2.75) is 5.41 Å². The lowest BCUT2D eigenvalue weighted by Gasteiger charge is -2.34. The summed E-state index contributed by atoms with van der Waals surface area (Å²) in [6.07, 6.45) is 0. The lowest BCUT2D eigenvalue weighted by Crippen LogP contribution is -2.28. The van der Waals surface area contributed by atoms with Crippen LogP contribution >= 0.6 is 0 Å². The van der Waals surface area contributed by atoms with Crippen LogP contribution in [0.15, 0.2) is 231 Å². The van der Waals surface area contributed by atoms with Gasteiger partial charge in [0.2, 0.25) is 0 Å². The predicted molar refractivity (Wildman–Crippen MR) is 254 cm³/mol. The molecule has 0 amide bonds. The lowest BCUT2D eigenvalue weighted by atomic mass is 9.67. The first-order chi connectivity index (χ1) is 30.3. The second-order valence-electron chi connectivity index (χ2n) is 16.0. The molecule has 1 aliphatic rings. The summed E-state index contributed by atoms with van der Waals surface area (Å²) < 4.78 is 0. The number of rotatable bonds is 6. The van der Waals surface area contributed by atoms with Crippen LogP contribution in [0.1, 0.15) is 22.3 Å². The largest absolute Gasteiger partial charge is 0.228 e. The Morgan fingerprint density at radius 3 is 1.62 bits per heavy atom. The second kappa shape index (κ2) is 14.1. The minimum atomic E-state index is -0.474. The highest BCUT2D eigenvalue weighted by atomic mass is 14.9. The Bertz CT molecular complexity index is 3430. The van der Waals surface area contributed by atoms with E-state index in [-0.39, 0.29) is 0 Å². The van der Waals surface area contributed by atoms with Gasteiger partial charge in [0.25, 0.3) is 0 Å². The highest BCUT2D eigenvalue weighted by Gasteiger charge is 2.46. The van der Waals surface area contributed by atoms with Gasteiger partial charge in [-0.15, -0.1) is 0 Å². The zero-order chi connectivity index (χ0) is 40.3. The number of aromatic nitrogens is 2. The van der Waals surface area contributed by atoms with Crippen LogP contribution in [0.25, 0.3) is 88.5 Å². The van der Waals surface area contributed by atoms with E-state index in [0.29, 0.717) is 5.82 Å². The first-order valence-electron chi connectivity index (χ1n) is 21.0. The fourth-order valence-corrected chi connectivity index (χ4v) is 10.1. The predicted octanol–water partition coefficient (Wildman–Crippen LogP) is 15.0. The average Bonchev–Trinajstić information content (AvgIpc) is 3.65. The summed E-state index contributed by atoms with van der Waals surface area (Å²) in [5.41, 5.74) is 14.5. The van der Waals surface area contributed by atoms with Crippen molar-refractivity contribution in [3.8, 4) is 56.2 Å². The fraction of sp³-hybridized carbons (Fsp3) is 0.0169. The van der Waals surface area contributed by atoms with Crippen LogP contribution in [0.3, 0.4) is 0 Å². The van der Waals surface area contributed by atoms with E-state index in [4.69, 9.17) is 9.97 Å². The molecular weight excluding hydrogens is 737 g/mol. The molecule has 0 aliphatic heterocycles. The fourth-order valence-electron chi connectivity index (χ4n) is 10.1. The molecule has 2 nitrogen and oxygen atoms in total. The molecule has 0 saturated carbocycles. The van der Waals surface area contributed by atoms with Crippen LogP contribution in [0.2, 0.25) is 0 Å². The quantitative estimate of drug-likeness (QED) is 0.168. The Morgan fingerprint density at radius 1 is 0.295 bits per heavy atom. The summed E-state index contributed by atoms with van der Waals surface area (Å²) >= 11 is 0. The molecule has 1 aromatic heterocycles. The number of benzene rings is 10. The van der Waals surface area contributed by atoms with E-state index in [1.807, 2.05) is 0 Å². The van der Waals surface area contributed by atoms with E-state index >= 15 is 0 Å². The molecule has 0 saturated heterocycles. The Balaban J connectivity index is 1.09. The zero-order valence-corrected chi connectivity index (χ0v) is 33.3. The van der Waals surface area contributed by atoms with E-state index in [9.17, 15) is 0 Å². The van der Waals surface area contributed by atoms with Gasteiger partial charge in [-0.2, -0.15) is 0 Å². The summed E-state index contributed by atoms with van der Waals surface area (Å²) in [4.78, 5) is 10.7. The Kier molecular flexibility index (Phi) is 8.11. The van der Waals surface area contributed by atoms with Crippen molar-refractivity contribution in [1.82, 2.24) is 9.97 Å². The zero-order valence-electron chi connectivity index (χ0n) is 33.3. The Morgan fingerprint density at radius 2 is 0.836 bits per heavy atom. The van der Waals surface area contributed by atoms with Gasteiger partial charge in [-0.25, -0.2) is 9.97 Å². The Hall–Kier alpha value is -7.94. The van der Waals surface area contributed by atoms with Gasteiger partial charge in [0.1, 0.15) is 0 Å². The van der Waals surface area contributed by atoms with E-state index in [1.54, 1.807) is 0 Å². The SMILES string of the molecule is c1ccc(C2(c3ccccc3)c3ccccc3-c3c(-c4ccc(-c5cc(-c6ccc7ccccc7c6)nc(-c6cccc7ccccc67)n5)c5ccccc45)cccc32)cc1. The van der Waals surface area contributed by atoms with Crippen molar-refractivity contribution in [2.75, 3.05) is 0 Å². The smallest absolute Gasteiger partial charge is 0.161 e. The molecule has 11 aromatic rings. The monoisotopic (exact) mass is 774 g/mol. The third-order valence-corrected chi connectivity index (χ3v) is 12.8. The van der Waals surface area contributed by atoms with Gasteiger partial charge in [0.05, 0.1) is 16.8 Å². The van der Waals surface area contributed by atoms with Crippen LogP contribution < -0.4 is 0 Å². The molecule has 0 N–H and O–H groups in total. The first-order valence-corrected chi connectivity index (χ1v) is 21.0. The molecule has 0 radical (unpaired) electrons. The number of hydrogen-bond acceptors (Lipinski definition) is 2. The molecule has 0 spiro atoms. The number of fused-ring (bicyclic) bond motifs is 6. The molecule has 10 aromatic carbocycles. The third-order valence-electron chi connectivity index (χ3n) is 12.8. The summed E-state index contributed by atoms with van der Waals surface area (Å²) in [7, 11) is 0. The molecular formula is C59H38N2. The molecule has 1 heterocycles. The van der Waals surface area contributed by atoms with E-state index < -0.39 is 5.41 Å². The highest BCUT2D eigenvalue weighted by molar-refractivity contribution is 6.08. The normalized spacial score (nSPS) is 12.7. The van der Waals surface area contributed by atoms with Crippen molar-refractivity contribution in [3.63, 3.8) is 0 Å². The lowest BCUT2D eigenvalue weighted by molar-refractivity contribution is 0.768. The van der Waals surface area contributed by atoms with Crippen LogP contribution in [-0.4, -0.2) is 9.97 Å². The molecule has 12 rings (SSSR count). The molecule has 2 heteroatoms. The van der Waals surface area contributed by atoms with Gasteiger partial charge in [0, 0.05) is 16.7 Å². The first kappa shape index (κ1) is 35.0. The standard InChI is InChI=1S/C59H38N2/c1-3-21-43(22-4-1)59(44-23-5-2-6-24-44)53-31-14-13-28-52(53)57-50(29-16-32-54(57)59)48-35-36-49(47-27-12-11-26-46(47)48)56-38-55(42-34-33-39-17-7-8-19-41(39)37-42)60-58(61-56)51-30-15-20-40-18-9-10-25-45(40)51/h1-38H. The van der Waals surface area contributed by atoms with Crippen molar-refractivity contribution >= 4 is 32.3 Å². The van der Waals surface area contributed by atoms with Crippen LogP contribution in [0.4, 0.5) is 0 Å². The van der Waals surface area contributed by atoms with Crippen LogP contribution in [0, 0.1) is 0 Å². The molecule has 0 bridgehead atoms. The molecule has 0 atom stereocenters. The minimum absolute atomic E-state index is 0.474. The maximum Gasteiger partial charge on any atom is 0.161 e.